The lowest BCUT2D eigenvalue weighted by Gasteiger charge is -2.67. The number of carbonyl (C=O) groups excluding carboxylic acids is 1. The van der Waals surface area contributed by atoms with Gasteiger partial charge in [-0.1, -0.05) is 82.9 Å². The molecule has 0 atom stereocenters. The van der Waals surface area contributed by atoms with Crippen LogP contribution in [0.1, 0.15) is 85.5 Å². The van der Waals surface area contributed by atoms with Gasteiger partial charge >= 0.3 is 0 Å². The summed E-state index contributed by atoms with van der Waals surface area (Å²) in [7, 11) is 0. The fourth-order valence-corrected chi connectivity index (χ4v) is 7.89. The van der Waals surface area contributed by atoms with Gasteiger partial charge in [0.2, 0.25) is 0 Å². The maximum atomic E-state index is 13.7. The molecule has 31 heavy (non-hydrogen) atoms. The van der Waals surface area contributed by atoms with E-state index in [1.165, 1.54) is 22.3 Å². The molecule has 2 aromatic rings. The predicted octanol–water partition coefficient (Wildman–Crippen LogP) is 8.05. The number of halogens is 2. The molecule has 0 heterocycles. The van der Waals surface area contributed by atoms with Crippen molar-refractivity contribution in [3.63, 3.8) is 0 Å². The summed E-state index contributed by atoms with van der Waals surface area (Å²) < 4.78 is -0.923. The van der Waals surface area contributed by atoms with Gasteiger partial charge < -0.3 is 0 Å². The first kappa shape index (κ1) is 21.5. The van der Waals surface area contributed by atoms with Gasteiger partial charge in [0.25, 0.3) is 0 Å². The molecule has 0 aromatic heterocycles. The normalized spacial score (nSPS) is 34.6. The zero-order valence-corrected chi connectivity index (χ0v) is 20.1. The van der Waals surface area contributed by atoms with Crippen molar-refractivity contribution < 1.29 is 4.79 Å². The predicted molar refractivity (Wildman–Crippen MR) is 129 cm³/mol. The zero-order valence-electron chi connectivity index (χ0n) is 18.6. The van der Waals surface area contributed by atoms with Gasteiger partial charge in [-0.15, -0.1) is 0 Å². The van der Waals surface area contributed by atoms with E-state index < -0.39 is 15.2 Å². The minimum absolute atomic E-state index is 0.370. The molecule has 3 fully saturated rings. The highest BCUT2D eigenvalue weighted by Gasteiger charge is 2.79. The van der Waals surface area contributed by atoms with E-state index in [-0.39, 0.29) is 0 Å². The number of Topliss-reactive ketones (excluding diaryl/α,β-unsaturated/α-hetero) is 1. The number of carbonyl (C=O) groups is 1. The van der Waals surface area contributed by atoms with E-state index in [0.717, 1.165) is 51.4 Å². The van der Waals surface area contributed by atoms with E-state index in [4.69, 9.17) is 23.2 Å². The van der Waals surface area contributed by atoms with E-state index in [9.17, 15) is 4.79 Å². The van der Waals surface area contributed by atoms with Crippen molar-refractivity contribution in [1.82, 2.24) is 0 Å². The Morgan fingerprint density at radius 3 is 1.26 bits per heavy atom. The van der Waals surface area contributed by atoms with E-state index in [1.54, 1.807) is 0 Å². The van der Waals surface area contributed by atoms with E-state index >= 15 is 0 Å². The van der Waals surface area contributed by atoms with Crippen LogP contribution in [0, 0.1) is 24.7 Å². The van der Waals surface area contributed by atoms with Gasteiger partial charge in [-0.05, 0) is 88.2 Å². The number of ketones is 1. The Labute approximate surface area is 196 Å². The number of aryl methyl sites for hydroxylation is 2. The van der Waals surface area contributed by atoms with Crippen LogP contribution >= 0.6 is 23.2 Å². The standard InChI is InChI=1S/C28H32Cl2O/c1-19-3-7-21(8-4-19)23-11-15-26(16-12-23)25(31)27(28(26,29)30)17-13-24(14-18-27)22-9-5-20(2)6-10-22/h3-10,23-24H,11-18H2,1-2H3. The highest BCUT2D eigenvalue weighted by molar-refractivity contribution is 6.55. The molecule has 3 aliphatic rings. The van der Waals surface area contributed by atoms with E-state index in [0.29, 0.717) is 17.6 Å². The number of alkyl halides is 2. The van der Waals surface area contributed by atoms with Gasteiger partial charge in [-0.25, -0.2) is 0 Å². The van der Waals surface area contributed by atoms with Crippen molar-refractivity contribution >= 4 is 29.0 Å². The zero-order chi connectivity index (χ0) is 21.9. The Morgan fingerprint density at radius 2 is 0.968 bits per heavy atom. The van der Waals surface area contributed by atoms with Crippen molar-refractivity contribution in [1.29, 1.82) is 0 Å². The van der Waals surface area contributed by atoms with Gasteiger partial charge in [0.15, 0.2) is 5.78 Å². The molecule has 3 saturated carbocycles. The SMILES string of the molecule is Cc1ccc(C2CCC3(CC2)C(=O)C2(CCC(c4ccc(C)cc4)CC2)C3(Cl)Cl)cc1. The molecule has 0 bridgehead atoms. The topological polar surface area (TPSA) is 17.1 Å². The van der Waals surface area contributed by atoms with Crippen molar-refractivity contribution in [2.24, 2.45) is 10.8 Å². The Bertz CT molecular complexity index is 880. The quantitative estimate of drug-likeness (QED) is 0.419. The maximum Gasteiger partial charge on any atom is 0.151 e. The van der Waals surface area contributed by atoms with Gasteiger partial charge in [0.1, 0.15) is 4.33 Å². The van der Waals surface area contributed by atoms with Crippen LogP contribution in [0.4, 0.5) is 0 Å². The van der Waals surface area contributed by atoms with Gasteiger partial charge in [-0.2, -0.15) is 0 Å². The van der Waals surface area contributed by atoms with E-state index in [2.05, 4.69) is 62.4 Å². The fourth-order valence-electron chi connectivity index (χ4n) is 6.79. The van der Waals surface area contributed by atoms with Crippen LogP contribution in [0.3, 0.4) is 0 Å². The van der Waals surface area contributed by atoms with Gasteiger partial charge in [0.05, 0.1) is 10.8 Å². The summed E-state index contributed by atoms with van der Waals surface area (Å²) in [5, 5.41) is 0. The monoisotopic (exact) mass is 454 g/mol. The van der Waals surface area contributed by atoms with Gasteiger partial charge in [-0.3, -0.25) is 4.79 Å². The number of rotatable bonds is 2. The number of benzene rings is 2. The third-order valence-corrected chi connectivity index (χ3v) is 10.3. The minimum Gasteiger partial charge on any atom is -0.298 e. The molecule has 3 heteroatoms. The summed E-state index contributed by atoms with van der Waals surface area (Å²) in [6, 6.07) is 17.7. The molecule has 3 aliphatic carbocycles. The average molecular weight is 455 g/mol. The van der Waals surface area contributed by atoms with Crippen LogP contribution in [-0.4, -0.2) is 10.1 Å². The Balaban J connectivity index is 1.28. The lowest BCUT2D eigenvalue weighted by Crippen LogP contribution is -2.74. The summed E-state index contributed by atoms with van der Waals surface area (Å²) in [5.41, 5.74) is 4.27. The van der Waals surface area contributed by atoms with Crippen molar-refractivity contribution in [2.75, 3.05) is 0 Å². The molecule has 0 aliphatic heterocycles. The van der Waals surface area contributed by atoms with Crippen LogP contribution in [0.2, 0.25) is 0 Å². The minimum atomic E-state index is -0.923. The molecule has 2 spiro atoms. The smallest absolute Gasteiger partial charge is 0.151 e. The fraction of sp³-hybridized carbons (Fsp3) is 0.536. The first-order valence-corrected chi connectivity index (χ1v) is 12.6. The Hall–Kier alpha value is -1.31. The molecule has 2 aromatic carbocycles. The number of hydrogen-bond donors (Lipinski definition) is 0. The molecular weight excluding hydrogens is 423 g/mol. The second-order valence-corrected chi connectivity index (χ2v) is 11.8. The molecule has 164 valence electrons. The second-order valence-electron chi connectivity index (χ2n) is 10.4. The molecule has 0 unspecified atom stereocenters. The maximum absolute atomic E-state index is 13.7. The summed E-state index contributed by atoms with van der Waals surface area (Å²) in [6.07, 6.45) is 7.27. The van der Waals surface area contributed by atoms with Crippen LogP contribution < -0.4 is 0 Å². The highest BCUT2D eigenvalue weighted by atomic mass is 35.5. The van der Waals surface area contributed by atoms with Crippen LogP contribution in [0.5, 0.6) is 0 Å². The Kier molecular flexibility index (Phi) is 5.30. The summed E-state index contributed by atoms with van der Waals surface area (Å²) >= 11 is 14.3. The summed E-state index contributed by atoms with van der Waals surface area (Å²) in [5.74, 6) is 1.39. The van der Waals surface area contributed by atoms with Crippen LogP contribution in [-0.2, 0) is 4.79 Å². The highest BCUT2D eigenvalue weighted by Crippen LogP contribution is 2.75. The molecule has 0 saturated heterocycles. The Morgan fingerprint density at radius 1 is 0.645 bits per heavy atom. The average Bonchev–Trinajstić information content (AvgIpc) is 2.79. The first-order chi connectivity index (χ1) is 14.8. The van der Waals surface area contributed by atoms with Crippen LogP contribution in [0.15, 0.2) is 48.5 Å². The molecule has 5 rings (SSSR count). The second kappa shape index (κ2) is 7.63. The summed E-state index contributed by atoms with van der Waals surface area (Å²) in [6.45, 7) is 4.24. The van der Waals surface area contributed by atoms with Crippen molar-refractivity contribution in [2.45, 2.75) is 81.4 Å². The van der Waals surface area contributed by atoms with Crippen LogP contribution in [0.25, 0.3) is 0 Å². The van der Waals surface area contributed by atoms with Crippen molar-refractivity contribution in [3.05, 3.63) is 70.8 Å². The third kappa shape index (κ3) is 3.14. The lowest BCUT2D eigenvalue weighted by atomic mass is 9.42. The number of hydrogen-bond acceptors (Lipinski definition) is 1. The molecule has 0 N–H and O–H groups in total. The molecular formula is C28H32Cl2O. The van der Waals surface area contributed by atoms with E-state index in [1.807, 2.05) is 0 Å². The lowest BCUT2D eigenvalue weighted by molar-refractivity contribution is -0.170. The molecule has 1 nitrogen and oxygen atoms in total. The molecule has 0 radical (unpaired) electrons. The van der Waals surface area contributed by atoms with Crippen molar-refractivity contribution in [3.8, 4) is 0 Å². The largest absolute Gasteiger partial charge is 0.298 e. The molecule has 0 amide bonds. The first-order valence-electron chi connectivity index (χ1n) is 11.8. The third-order valence-electron chi connectivity index (χ3n) is 8.85. The van der Waals surface area contributed by atoms with Gasteiger partial charge in [0, 0.05) is 0 Å². The summed E-state index contributed by atoms with van der Waals surface area (Å²) in [4.78, 5) is 13.7.